The van der Waals surface area contributed by atoms with Crippen LogP contribution >= 0.6 is 24.6 Å². The first-order valence-corrected chi connectivity index (χ1v) is 25.3. The molecule has 0 aliphatic rings. The predicted octanol–water partition coefficient (Wildman–Crippen LogP) is 18.2. The van der Waals surface area contributed by atoms with E-state index in [1.54, 1.807) is 0 Å². The summed E-state index contributed by atoms with van der Waals surface area (Å²) in [7, 11) is 1.99. The lowest BCUT2D eigenvalue weighted by Crippen LogP contribution is -1.93. The van der Waals surface area contributed by atoms with Gasteiger partial charge in [-0.15, -0.1) is 24.6 Å². The Morgan fingerprint density at radius 3 is 0.754 bits per heavy atom. The van der Waals surface area contributed by atoms with Crippen molar-refractivity contribution < 1.29 is 0 Å². The van der Waals surface area contributed by atoms with Crippen molar-refractivity contribution in [3.63, 3.8) is 0 Å². The second kappa shape index (κ2) is 13.6. The number of hydrogen-bond donors (Lipinski definition) is 0. The number of nitrogens with zero attached hydrogens (tertiary/aromatic N) is 2. The highest BCUT2D eigenvalue weighted by Gasteiger charge is 2.17. The number of benzene rings is 10. The molecule has 0 spiro atoms. The zero-order valence-electron chi connectivity index (χ0n) is 35.0. The summed E-state index contributed by atoms with van der Waals surface area (Å²) in [5.41, 5.74) is 12.5. The highest BCUT2D eigenvalue weighted by molar-refractivity contribution is 7.44. The van der Waals surface area contributed by atoms with Crippen molar-refractivity contribution in [1.29, 1.82) is 0 Å². The van der Waals surface area contributed by atoms with E-state index in [0.717, 1.165) is 0 Å². The van der Waals surface area contributed by atoms with Gasteiger partial charge in [0.2, 0.25) is 0 Å². The number of fused-ring (bicyclic) bond motifs is 15. The third-order valence-electron chi connectivity index (χ3n) is 14.1. The molecular weight excluding hydrogens is 842 g/mol. The summed E-state index contributed by atoms with van der Waals surface area (Å²) in [4.78, 5) is 0. The van der Waals surface area contributed by atoms with E-state index in [1.165, 1.54) is 140 Å². The molecule has 0 saturated heterocycles. The van der Waals surface area contributed by atoms with E-state index in [1.807, 2.05) is 0 Å². The summed E-state index contributed by atoms with van der Waals surface area (Å²) in [5, 5.41) is 22.0. The Balaban J connectivity index is 0.828. The molecule has 0 aliphatic heterocycles. The van der Waals surface area contributed by atoms with Crippen molar-refractivity contribution in [2.45, 2.75) is 0 Å². The SMILES string of the molecule is c1ccc2c(c1)c1ccccc1n2-c1ccc2[pH]c3ccc(-c4ccc5[pH]c6ccc(-c7ccc8[pH]c9ccc(-n%10c%11ccccc%11c%11ccccc%11%10)cc9c8c7)cc6c5c4)cc3c2c1. The van der Waals surface area contributed by atoms with Crippen molar-refractivity contribution in [3.05, 3.63) is 206 Å². The average Bonchev–Trinajstić information content (AvgIpc) is 4.17. The van der Waals surface area contributed by atoms with Crippen molar-refractivity contribution in [3.8, 4) is 33.6 Å². The lowest BCUT2D eigenvalue weighted by Gasteiger charge is -2.09. The molecule has 0 saturated carbocycles. The normalized spacial score (nSPS) is 12.7. The van der Waals surface area contributed by atoms with Gasteiger partial charge in [0.25, 0.3) is 0 Å². The van der Waals surface area contributed by atoms with Gasteiger partial charge in [0.1, 0.15) is 0 Å². The molecule has 0 radical (unpaired) electrons. The summed E-state index contributed by atoms with van der Waals surface area (Å²) in [6, 6.07) is 78.1. The third-order valence-corrected chi connectivity index (χ3v) is 18.3. The fraction of sp³-hybridized carbons (Fsp3) is 0. The van der Waals surface area contributed by atoms with Gasteiger partial charge in [0.05, 0.1) is 22.1 Å². The molecular formula is C60H37N2P3. The largest absolute Gasteiger partial charge is 0.309 e. The minimum Gasteiger partial charge on any atom is -0.309 e. The van der Waals surface area contributed by atoms with Crippen LogP contribution in [-0.2, 0) is 0 Å². The molecule has 15 aromatic rings. The Bertz CT molecular complexity index is 4100. The Morgan fingerprint density at radius 1 is 0.215 bits per heavy atom. The third kappa shape index (κ3) is 5.31. The van der Waals surface area contributed by atoms with Crippen molar-refractivity contribution >= 4 is 131 Å². The van der Waals surface area contributed by atoms with Gasteiger partial charge < -0.3 is 9.13 Å². The van der Waals surface area contributed by atoms with E-state index in [0.29, 0.717) is 24.6 Å². The lowest BCUT2D eigenvalue weighted by atomic mass is 9.98. The van der Waals surface area contributed by atoms with Crippen LogP contribution in [0.25, 0.3) is 140 Å². The molecule has 2 atom stereocenters. The molecule has 2 unspecified atom stereocenters. The Labute approximate surface area is 378 Å². The van der Waals surface area contributed by atoms with Crippen LogP contribution in [0.5, 0.6) is 0 Å². The molecule has 2 nitrogen and oxygen atoms in total. The van der Waals surface area contributed by atoms with Gasteiger partial charge in [0, 0.05) is 32.9 Å². The maximum atomic E-state index is 2.46. The van der Waals surface area contributed by atoms with E-state index in [-0.39, 0.29) is 0 Å². The first kappa shape index (κ1) is 36.1. The van der Waals surface area contributed by atoms with Crippen LogP contribution in [0.1, 0.15) is 0 Å². The van der Waals surface area contributed by atoms with Gasteiger partial charge in [-0.05, 0) is 194 Å². The molecule has 5 heterocycles. The second-order valence-electron chi connectivity index (χ2n) is 17.6. The molecule has 0 aliphatic carbocycles. The van der Waals surface area contributed by atoms with Crippen LogP contribution in [0.4, 0.5) is 0 Å². The fourth-order valence-electron chi connectivity index (χ4n) is 11.1. The first-order chi connectivity index (χ1) is 32.2. The highest BCUT2D eigenvalue weighted by atomic mass is 31.0. The number of hydrogen-bond acceptors (Lipinski definition) is 0. The maximum Gasteiger partial charge on any atom is 0.0541 e. The van der Waals surface area contributed by atoms with Crippen LogP contribution in [-0.4, -0.2) is 9.13 Å². The molecule has 10 aromatic carbocycles. The van der Waals surface area contributed by atoms with Crippen molar-refractivity contribution in [2.75, 3.05) is 0 Å². The molecule has 5 aromatic heterocycles. The summed E-state index contributed by atoms with van der Waals surface area (Å²) in [6.07, 6.45) is 0. The standard InChI is InChI=1S/C60H37N2P3/c1-5-13-51-41(9-1)42-10-2-6-14-52(42)61(51)39-21-27-59-49(33-39)47-31-37(19-25-57(47)64-59)35-17-23-55-45(29-35)46-30-36(18-24-56(46)63-55)38-20-26-58-48(32-38)50-34-40(22-28-60(50)65-58)62-53-15-7-3-11-43(53)44-12-4-8-16-54(44)62/h1-34,63-65H. The second-order valence-corrected chi connectivity index (χ2v) is 21.6. The van der Waals surface area contributed by atoms with Gasteiger partial charge in [0.15, 0.2) is 0 Å². The van der Waals surface area contributed by atoms with Crippen molar-refractivity contribution in [1.82, 2.24) is 9.13 Å². The van der Waals surface area contributed by atoms with Gasteiger partial charge in [-0.2, -0.15) is 0 Å². The zero-order chi connectivity index (χ0) is 42.3. The maximum absolute atomic E-state index is 2.46. The van der Waals surface area contributed by atoms with Crippen LogP contribution in [0.3, 0.4) is 0 Å². The fourth-order valence-corrected chi connectivity index (χ4v) is 15.0. The molecule has 15 rings (SSSR count). The van der Waals surface area contributed by atoms with Gasteiger partial charge >= 0.3 is 0 Å². The number of rotatable bonds is 4. The quantitative estimate of drug-likeness (QED) is 0.167. The van der Waals surface area contributed by atoms with Gasteiger partial charge in [-0.3, -0.25) is 0 Å². The average molecular weight is 879 g/mol. The van der Waals surface area contributed by atoms with E-state index in [2.05, 4.69) is 215 Å². The zero-order valence-corrected chi connectivity index (χ0v) is 38.0. The van der Waals surface area contributed by atoms with Crippen LogP contribution < -0.4 is 0 Å². The highest BCUT2D eigenvalue weighted by Crippen LogP contribution is 2.46. The molecule has 5 heteroatoms. The number of para-hydroxylation sites is 4. The van der Waals surface area contributed by atoms with E-state index < -0.39 is 0 Å². The van der Waals surface area contributed by atoms with Gasteiger partial charge in [-0.25, -0.2) is 0 Å². The minimum atomic E-state index is 0.665. The summed E-state index contributed by atoms with van der Waals surface area (Å²) >= 11 is 0. The summed E-state index contributed by atoms with van der Waals surface area (Å²) in [5.74, 6) is 0. The molecule has 65 heavy (non-hydrogen) atoms. The Hall–Kier alpha value is -7.30. The predicted molar refractivity (Wildman–Crippen MR) is 290 cm³/mol. The van der Waals surface area contributed by atoms with E-state index in [4.69, 9.17) is 0 Å². The molecule has 0 N–H and O–H groups in total. The molecule has 0 amide bonds. The topological polar surface area (TPSA) is 9.86 Å². The molecule has 0 bridgehead atoms. The first-order valence-electron chi connectivity index (χ1n) is 22.3. The number of aromatic nitrogens is 2. The van der Waals surface area contributed by atoms with E-state index in [9.17, 15) is 0 Å². The Morgan fingerprint density at radius 2 is 0.462 bits per heavy atom. The minimum absolute atomic E-state index is 0.665. The summed E-state index contributed by atoms with van der Waals surface area (Å²) in [6.45, 7) is 0. The van der Waals surface area contributed by atoms with Crippen LogP contribution in [0, 0.1) is 0 Å². The van der Waals surface area contributed by atoms with E-state index >= 15 is 0 Å². The smallest absolute Gasteiger partial charge is 0.0541 e. The van der Waals surface area contributed by atoms with Gasteiger partial charge in [-0.1, -0.05) is 97.1 Å². The molecule has 0 fully saturated rings. The van der Waals surface area contributed by atoms with Crippen LogP contribution in [0.2, 0.25) is 0 Å². The van der Waals surface area contributed by atoms with Crippen molar-refractivity contribution in [2.24, 2.45) is 0 Å². The van der Waals surface area contributed by atoms with Crippen LogP contribution in [0.15, 0.2) is 206 Å². The Kier molecular flexibility index (Phi) is 7.55. The summed E-state index contributed by atoms with van der Waals surface area (Å²) < 4.78 is 4.88. The molecule has 302 valence electrons. The lowest BCUT2D eigenvalue weighted by molar-refractivity contribution is 1.19. The monoisotopic (exact) mass is 878 g/mol.